The molecule has 0 bridgehead atoms. The first kappa shape index (κ1) is 19.3. The van der Waals surface area contributed by atoms with Crippen molar-refractivity contribution in [2.24, 2.45) is 0 Å². The largest absolute Gasteiger partial charge is 0.467 e. The molecule has 0 atom stereocenters. The fourth-order valence-electron chi connectivity index (χ4n) is 2.96. The summed E-state index contributed by atoms with van der Waals surface area (Å²) in [5.74, 6) is 2.10. The number of furan rings is 1. The zero-order valence-electron chi connectivity index (χ0n) is 15.9. The van der Waals surface area contributed by atoms with Crippen LogP contribution in [-0.4, -0.2) is 32.3 Å². The van der Waals surface area contributed by atoms with Gasteiger partial charge in [-0.1, -0.05) is 17.8 Å². The van der Waals surface area contributed by atoms with E-state index < -0.39 is 0 Å². The van der Waals surface area contributed by atoms with Crippen LogP contribution in [0, 0.1) is 0 Å². The number of hydrogen-bond donors (Lipinski definition) is 2. The summed E-state index contributed by atoms with van der Waals surface area (Å²) < 4.78 is 7.50. The molecule has 2 amide bonds. The maximum Gasteiger partial charge on any atom is 0.234 e. The molecule has 0 radical (unpaired) electrons. The van der Waals surface area contributed by atoms with Crippen molar-refractivity contribution in [2.75, 3.05) is 16.4 Å². The summed E-state index contributed by atoms with van der Waals surface area (Å²) in [5, 5.41) is 14.9. The Hall–Kier alpha value is -3.07. The van der Waals surface area contributed by atoms with E-state index in [4.69, 9.17) is 4.42 Å². The van der Waals surface area contributed by atoms with E-state index in [-0.39, 0.29) is 17.6 Å². The Bertz CT molecular complexity index is 1010. The molecule has 2 aromatic heterocycles. The van der Waals surface area contributed by atoms with Gasteiger partial charge in [0.2, 0.25) is 11.8 Å². The molecule has 2 N–H and O–H groups in total. The third-order valence-electron chi connectivity index (χ3n) is 4.38. The molecule has 1 aromatic carbocycles. The Labute approximate surface area is 172 Å². The highest BCUT2D eigenvalue weighted by Crippen LogP contribution is 2.40. The average molecular weight is 411 g/mol. The molecule has 1 aliphatic rings. The van der Waals surface area contributed by atoms with Gasteiger partial charge in [0.25, 0.3) is 0 Å². The van der Waals surface area contributed by atoms with Crippen LogP contribution in [0.2, 0.25) is 0 Å². The highest BCUT2D eigenvalue weighted by Gasteiger charge is 2.30. The maximum absolute atomic E-state index is 12.4. The topological polar surface area (TPSA) is 102 Å². The van der Waals surface area contributed by atoms with E-state index in [1.807, 2.05) is 16.7 Å². The first-order valence-electron chi connectivity index (χ1n) is 9.34. The number of nitrogens with one attached hydrogen (secondary N) is 2. The van der Waals surface area contributed by atoms with Crippen molar-refractivity contribution < 1.29 is 14.0 Å². The fourth-order valence-corrected chi connectivity index (χ4v) is 3.71. The van der Waals surface area contributed by atoms with Crippen molar-refractivity contribution in [3.05, 3.63) is 54.2 Å². The van der Waals surface area contributed by atoms with Gasteiger partial charge in [0.1, 0.15) is 11.6 Å². The van der Waals surface area contributed by atoms with Crippen LogP contribution in [0.25, 0.3) is 0 Å². The van der Waals surface area contributed by atoms with Crippen LogP contribution in [0.4, 0.5) is 11.4 Å². The van der Waals surface area contributed by atoms with E-state index >= 15 is 0 Å². The molecule has 0 unspecified atom stereocenters. The number of carbonyl (C=O) groups is 2. The molecule has 150 valence electrons. The van der Waals surface area contributed by atoms with E-state index in [0.29, 0.717) is 29.0 Å². The number of anilines is 2. The zero-order valence-corrected chi connectivity index (χ0v) is 16.7. The van der Waals surface area contributed by atoms with Crippen LogP contribution >= 0.6 is 11.8 Å². The highest BCUT2D eigenvalue weighted by molar-refractivity contribution is 7.99. The molecule has 0 saturated heterocycles. The minimum Gasteiger partial charge on any atom is -0.467 e. The van der Waals surface area contributed by atoms with E-state index in [1.165, 1.54) is 18.7 Å². The summed E-state index contributed by atoms with van der Waals surface area (Å²) in [4.78, 5) is 23.6. The standard InChI is InChI=1S/C20H21N5O3S/c1-13(26)21-15-4-2-5-16(10-15)22-18(27)12-29-20-24-23-19(14-7-8-14)25(20)11-17-6-3-9-28-17/h2-6,9-10,14H,7-8,11-12H2,1H3,(H,21,26)(H,22,27). The molecule has 0 spiro atoms. The van der Waals surface area contributed by atoms with E-state index in [0.717, 1.165) is 24.4 Å². The summed E-state index contributed by atoms with van der Waals surface area (Å²) in [5.41, 5.74) is 1.26. The second-order valence-electron chi connectivity index (χ2n) is 6.88. The fraction of sp³-hybridized carbons (Fsp3) is 0.300. The first-order valence-corrected chi connectivity index (χ1v) is 10.3. The molecular weight excluding hydrogens is 390 g/mol. The molecule has 0 aliphatic heterocycles. The van der Waals surface area contributed by atoms with Crippen LogP contribution < -0.4 is 10.6 Å². The smallest absolute Gasteiger partial charge is 0.234 e. The molecule has 4 rings (SSSR count). The highest BCUT2D eigenvalue weighted by atomic mass is 32.2. The number of aromatic nitrogens is 3. The predicted molar refractivity (Wildman–Crippen MR) is 110 cm³/mol. The van der Waals surface area contributed by atoms with Gasteiger partial charge >= 0.3 is 0 Å². The van der Waals surface area contributed by atoms with Crippen LogP contribution in [0.5, 0.6) is 0 Å². The number of benzene rings is 1. The van der Waals surface area contributed by atoms with Crippen molar-refractivity contribution >= 4 is 35.0 Å². The number of amides is 2. The summed E-state index contributed by atoms with van der Waals surface area (Å²) in [6, 6.07) is 10.8. The maximum atomic E-state index is 12.4. The lowest BCUT2D eigenvalue weighted by Gasteiger charge is -2.09. The lowest BCUT2D eigenvalue weighted by atomic mass is 10.2. The second-order valence-corrected chi connectivity index (χ2v) is 7.82. The van der Waals surface area contributed by atoms with Gasteiger partial charge in [0.15, 0.2) is 5.16 Å². The van der Waals surface area contributed by atoms with Gasteiger partial charge in [-0.15, -0.1) is 10.2 Å². The van der Waals surface area contributed by atoms with Crippen LogP contribution in [0.3, 0.4) is 0 Å². The normalized spacial score (nSPS) is 13.3. The van der Waals surface area contributed by atoms with E-state index in [1.54, 1.807) is 30.5 Å². The first-order chi connectivity index (χ1) is 14.1. The average Bonchev–Trinajstić information content (AvgIpc) is 3.24. The molecule has 1 aliphatic carbocycles. The van der Waals surface area contributed by atoms with Gasteiger partial charge in [-0.25, -0.2) is 0 Å². The predicted octanol–water partition coefficient (Wildman–Crippen LogP) is 3.49. The van der Waals surface area contributed by atoms with Crippen molar-refractivity contribution in [1.82, 2.24) is 14.8 Å². The van der Waals surface area contributed by atoms with Crippen molar-refractivity contribution in [3.63, 3.8) is 0 Å². The SMILES string of the molecule is CC(=O)Nc1cccc(NC(=O)CSc2nnc(C3CC3)n2Cc2ccco2)c1. The molecular formula is C20H21N5O3S. The summed E-state index contributed by atoms with van der Waals surface area (Å²) >= 11 is 1.34. The molecule has 8 nitrogen and oxygen atoms in total. The Morgan fingerprint density at radius 1 is 1.17 bits per heavy atom. The third-order valence-corrected chi connectivity index (χ3v) is 5.35. The Morgan fingerprint density at radius 3 is 2.66 bits per heavy atom. The van der Waals surface area contributed by atoms with Crippen LogP contribution in [0.15, 0.2) is 52.2 Å². The Morgan fingerprint density at radius 2 is 1.97 bits per heavy atom. The number of carbonyl (C=O) groups excluding carboxylic acids is 2. The van der Waals surface area contributed by atoms with E-state index in [2.05, 4.69) is 20.8 Å². The molecule has 29 heavy (non-hydrogen) atoms. The lowest BCUT2D eigenvalue weighted by Crippen LogP contribution is -2.15. The third kappa shape index (κ3) is 5.05. The summed E-state index contributed by atoms with van der Waals surface area (Å²) in [6.07, 6.45) is 3.88. The minimum atomic E-state index is -0.161. The molecule has 1 fully saturated rings. The van der Waals surface area contributed by atoms with Gasteiger partial charge in [0.05, 0.1) is 18.6 Å². The molecule has 1 saturated carbocycles. The molecule has 3 aromatic rings. The Balaban J connectivity index is 1.40. The van der Waals surface area contributed by atoms with Gasteiger partial charge in [0, 0.05) is 24.2 Å². The zero-order chi connectivity index (χ0) is 20.2. The van der Waals surface area contributed by atoms with Crippen LogP contribution in [-0.2, 0) is 16.1 Å². The minimum absolute atomic E-state index is 0.157. The Kier molecular flexibility index (Phi) is 5.66. The number of hydrogen-bond acceptors (Lipinski definition) is 6. The van der Waals surface area contributed by atoms with Gasteiger partial charge < -0.3 is 15.1 Å². The van der Waals surface area contributed by atoms with Gasteiger partial charge in [-0.2, -0.15) is 0 Å². The second kappa shape index (κ2) is 8.52. The van der Waals surface area contributed by atoms with Gasteiger partial charge in [-0.3, -0.25) is 14.2 Å². The van der Waals surface area contributed by atoms with Crippen molar-refractivity contribution in [1.29, 1.82) is 0 Å². The van der Waals surface area contributed by atoms with Gasteiger partial charge in [-0.05, 0) is 43.2 Å². The summed E-state index contributed by atoms with van der Waals surface area (Å²) in [6.45, 7) is 1.99. The molecule has 2 heterocycles. The number of rotatable bonds is 8. The van der Waals surface area contributed by atoms with Crippen molar-refractivity contribution in [2.45, 2.75) is 37.4 Å². The van der Waals surface area contributed by atoms with E-state index in [9.17, 15) is 9.59 Å². The lowest BCUT2D eigenvalue weighted by molar-refractivity contribution is -0.114. The monoisotopic (exact) mass is 411 g/mol. The number of nitrogens with zero attached hydrogens (tertiary/aromatic N) is 3. The summed E-state index contributed by atoms with van der Waals surface area (Å²) in [7, 11) is 0. The quantitative estimate of drug-likeness (QED) is 0.550. The van der Waals surface area contributed by atoms with Crippen LogP contribution in [0.1, 0.15) is 37.3 Å². The molecule has 9 heteroatoms. The number of thioether (sulfide) groups is 1. The van der Waals surface area contributed by atoms with Crippen molar-refractivity contribution in [3.8, 4) is 0 Å².